The Morgan fingerprint density at radius 1 is 0.833 bits per heavy atom. The zero-order chi connectivity index (χ0) is 13.4. The monoisotopic (exact) mass is 240 g/mol. The van der Waals surface area contributed by atoms with E-state index in [1.807, 2.05) is 24.3 Å². The van der Waals surface area contributed by atoms with Crippen LogP contribution in [0, 0.1) is 13.8 Å². The van der Waals surface area contributed by atoms with E-state index in [-0.39, 0.29) is 0 Å². The average Bonchev–Trinajstić information content (AvgIpc) is 2.43. The van der Waals surface area contributed by atoms with E-state index in [0.717, 1.165) is 18.3 Å². The second-order valence-electron chi connectivity index (χ2n) is 4.37. The van der Waals surface area contributed by atoms with Crippen LogP contribution in [-0.2, 0) is 6.42 Å². The maximum absolute atomic E-state index is 10.2. The Labute approximate surface area is 109 Å². The lowest BCUT2D eigenvalue weighted by atomic mass is 10.1. The van der Waals surface area contributed by atoms with E-state index < -0.39 is 0 Å². The molecule has 2 aromatic carbocycles. The fraction of sp³-hybridized carbons (Fsp3) is 0.235. The normalized spacial score (nSPS) is 9.28. The molecule has 0 amide bonds. The molecule has 0 aliphatic heterocycles. The van der Waals surface area contributed by atoms with Crippen molar-refractivity contribution in [2.24, 2.45) is 0 Å². The Kier molecular flexibility index (Phi) is 5.86. The second kappa shape index (κ2) is 7.44. The molecular weight excluding hydrogens is 220 g/mol. The van der Waals surface area contributed by atoms with Crippen molar-refractivity contribution in [2.75, 3.05) is 0 Å². The van der Waals surface area contributed by atoms with Gasteiger partial charge in [0.25, 0.3) is 0 Å². The molecular formula is C17H20O. The molecule has 2 rings (SSSR count). The van der Waals surface area contributed by atoms with E-state index in [1.165, 1.54) is 16.7 Å². The maximum atomic E-state index is 10.2. The van der Waals surface area contributed by atoms with Gasteiger partial charge in [-0.1, -0.05) is 66.6 Å². The Morgan fingerprint density at radius 3 is 1.61 bits per heavy atom. The molecule has 0 unspecified atom stereocenters. The summed E-state index contributed by atoms with van der Waals surface area (Å²) < 4.78 is 0. The van der Waals surface area contributed by atoms with Crippen LogP contribution < -0.4 is 0 Å². The first kappa shape index (κ1) is 14.2. The Hall–Kier alpha value is -1.89. The predicted molar refractivity (Wildman–Crippen MR) is 77.1 cm³/mol. The van der Waals surface area contributed by atoms with Crippen molar-refractivity contribution in [3.8, 4) is 0 Å². The van der Waals surface area contributed by atoms with E-state index in [9.17, 15) is 4.79 Å². The fourth-order valence-electron chi connectivity index (χ4n) is 1.47. The van der Waals surface area contributed by atoms with E-state index >= 15 is 0 Å². The van der Waals surface area contributed by atoms with Gasteiger partial charge in [0.05, 0.1) is 0 Å². The Balaban J connectivity index is 0.000000184. The SMILES string of the molecule is CCc1ccc(C=O)cc1.Cc1ccc(C)cc1. The number of rotatable bonds is 2. The molecule has 0 N–H and O–H groups in total. The van der Waals surface area contributed by atoms with Gasteiger partial charge in [0.1, 0.15) is 6.29 Å². The highest BCUT2D eigenvalue weighted by molar-refractivity contribution is 5.74. The molecule has 0 fully saturated rings. The van der Waals surface area contributed by atoms with Crippen molar-refractivity contribution in [1.82, 2.24) is 0 Å². The lowest BCUT2D eigenvalue weighted by Gasteiger charge is -1.93. The van der Waals surface area contributed by atoms with Gasteiger partial charge in [-0.05, 0) is 25.8 Å². The summed E-state index contributed by atoms with van der Waals surface area (Å²) in [6.07, 6.45) is 1.89. The minimum absolute atomic E-state index is 0.747. The summed E-state index contributed by atoms with van der Waals surface area (Å²) in [6.45, 7) is 6.29. The number of carbonyl (C=O) groups excluding carboxylic acids is 1. The largest absolute Gasteiger partial charge is 0.298 e. The minimum atomic E-state index is 0.747. The first-order valence-corrected chi connectivity index (χ1v) is 6.23. The minimum Gasteiger partial charge on any atom is -0.298 e. The van der Waals surface area contributed by atoms with Crippen LogP contribution in [0.1, 0.15) is 34.0 Å². The zero-order valence-corrected chi connectivity index (χ0v) is 11.3. The van der Waals surface area contributed by atoms with Crippen LogP contribution >= 0.6 is 0 Å². The smallest absolute Gasteiger partial charge is 0.150 e. The van der Waals surface area contributed by atoms with Crippen LogP contribution in [0.2, 0.25) is 0 Å². The molecule has 0 spiro atoms. The molecule has 0 heterocycles. The molecule has 0 aliphatic carbocycles. The molecule has 0 bridgehead atoms. The van der Waals surface area contributed by atoms with Crippen molar-refractivity contribution < 1.29 is 4.79 Å². The highest BCUT2D eigenvalue weighted by Crippen LogP contribution is 2.02. The van der Waals surface area contributed by atoms with Gasteiger partial charge in [-0.3, -0.25) is 4.79 Å². The molecule has 2 aromatic rings. The number of hydrogen-bond donors (Lipinski definition) is 0. The third-order valence-electron chi connectivity index (χ3n) is 2.74. The summed E-state index contributed by atoms with van der Waals surface area (Å²) in [5, 5.41) is 0. The van der Waals surface area contributed by atoms with Crippen molar-refractivity contribution in [2.45, 2.75) is 27.2 Å². The highest BCUT2D eigenvalue weighted by atomic mass is 16.1. The van der Waals surface area contributed by atoms with Gasteiger partial charge >= 0.3 is 0 Å². The van der Waals surface area contributed by atoms with Crippen molar-refractivity contribution in [1.29, 1.82) is 0 Å². The zero-order valence-electron chi connectivity index (χ0n) is 11.3. The molecule has 94 valence electrons. The van der Waals surface area contributed by atoms with Gasteiger partial charge in [-0.25, -0.2) is 0 Å². The van der Waals surface area contributed by atoms with E-state index in [4.69, 9.17) is 0 Å². The van der Waals surface area contributed by atoms with Crippen LogP contribution in [-0.4, -0.2) is 6.29 Å². The number of aldehydes is 1. The van der Waals surface area contributed by atoms with Gasteiger partial charge in [0, 0.05) is 5.56 Å². The maximum Gasteiger partial charge on any atom is 0.150 e. The highest BCUT2D eigenvalue weighted by Gasteiger charge is 1.88. The molecule has 0 aliphatic rings. The van der Waals surface area contributed by atoms with Crippen molar-refractivity contribution >= 4 is 6.29 Å². The summed E-state index contributed by atoms with van der Waals surface area (Å²) in [7, 11) is 0. The van der Waals surface area contributed by atoms with Gasteiger partial charge in [-0.15, -0.1) is 0 Å². The van der Waals surface area contributed by atoms with Gasteiger partial charge in [-0.2, -0.15) is 0 Å². The fourth-order valence-corrected chi connectivity index (χ4v) is 1.47. The lowest BCUT2D eigenvalue weighted by molar-refractivity contribution is 0.112. The van der Waals surface area contributed by atoms with Crippen LogP contribution in [0.25, 0.3) is 0 Å². The number of hydrogen-bond acceptors (Lipinski definition) is 1. The van der Waals surface area contributed by atoms with E-state index in [1.54, 1.807) is 0 Å². The van der Waals surface area contributed by atoms with E-state index in [2.05, 4.69) is 45.0 Å². The van der Waals surface area contributed by atoms with Crippen LogP contribution in [0.15, 0.2) is 48.5 Å². The molecule has 0 saturated heterocycles. The third-order valence-corrected chi connectivity index (χ3v) is 2.74. The molecule has 0 atom stereocenters. The van der Waals surface area contributed by atoms with Crippen molar-refractivity contribution in [3.63, 3.8) is 0 Å². The standard InChI is InChI=1S/C9H10O.C8H10/c1-2-8-3-5-9(7-10)6-4-8;1-7-3-5-8(2)6-4-7/h3-7H,2H2,1H3;3-6H,1-2H3. The molecule has 1 nitrogen and oxygen atoms in total. The summed E-state index contributed by atoms with van der Waals surface area (Å²) in [5.41, 5.74) is 4.68. The van der Waals surface area contributed by atoms with Gasteiger partial charge < -0.3 is 0 Å². The second-order valence-corrected chi connectivity index (χ2v) is 4.37. The van der Waals surface area contributed by atoms with Gasteiger partial charge in [0.2, 0.25) is 0 Å². The first-order valence-electron chi connectivity index (χ1n) is 6.23. The molecule has 0 saturated carbocycles. The lowest BCUT2D eigenvalue weighted by Crippen LogP contribution is -1.81. The predicted octanol–water partition coefficient (Wildman–Crippen LogP) is 4.36. The summed E-state index contributed by atoms with van der Waals surface area (Å²) >= 11 is 0. The van der Waals surface area contributed by atoms with Crippen molar-refractivity contribution in [3.05, 3.63) is 70.8 Å². The van der Waals surface area contributed by atoms with Crippen LogP contribution in [0.5, 0.6) is 0 Å². The number of aryl methyl sites for hydroxylation is 3. The summed E-state index contributed by atoms with van der Waals surface area (Å²) in [4.78, 5) is 10.2. The topological polar surface area (TPSA) is 17.1 Å². The molecule has 0 radical (unpaired) electrons. The third kappa shape index (κ3) is 4.96. The Bertz CT molecular complexity index is 445. The molecule has 18 heavy (non-hydrogen) atoms. The summed E-state index contributed by atoms with van der Waals surface area (Å²) in [6, 6.07) is 16.1. The Morgan fingerprint density at radius 2 is 1.28 bits per heavy atom. The quantitative estimate of drug-likeness (QED) is 0.713. The molecule has 1 heteroatoms. The molecule has 0 aromatic heterocycles. The summed E-state index contributed by atoms with van der Waals surface area (Å²) in [5.74, 6) is 0. The van der Waals surface area contributed by atoms with Crippen LogP contribution in [0.4, 0.5) is 0 Å². The first-order chi connectivity index (χ1) is 8.65. The van der Waals surface area contributed by atoms with Crippen LogP contribution in [0.3, 0.4) is 0 Å². The number of carbonyl (C=O) groups is 1. The van der Waals surface area contributed by atoms with Gasteiger partial charge in [0.15, 0.2) is 0 Å². The average molecular weight is 240 g/mol. The van der Waals surface area contributed by atoms with E-state index in [0.29, 0.717) is 0 Å². The number of benzene rings is 2.